The van der Waals surface area contributed by atoms with Crippen LogP contribution in [0.1, 0.15) is 51.9 Å². The number of piperidine rings is 1. The van der Waals surface area contributed by atoms with Crippen LogP contribution in [0.5, 0.6) is 0 Å². The topological polar surface area (TPSA) is 92.2 Å². The number of anilines is 1. The van der Waals surface area contributed by atoms with Crippen molar-refractivity contribution in [3.8, 4) is 0 Å². The van der Waals surface area contributed by atoms with Crippen LogP contribution in [0.4, 0.5) is 5.82 Å². The fourth-order valence-corrected chi connectivity index (χ4v) is 4.64. The molecule has 1 saturated heterocycles. The highest BCUT2D eigenvalue weighted by Crippen LogP contribution is 2.33. The molecule has 0 bridgehead atoms. The van der Waals surface area contributed by atoms with Crippen molar-refractivity contribution in [2.75, 3.05) is 24.5 Å². The Labute approximate surface area is 192 Å². The Morgan fingerprint density at radius 3 is 2.79 bits per heavy atom. The number of nitrogens with zero attached hydrogens (tertiary/aromatic N) is 6. The fraction of sp³-hybridized carbons (Fsp3) is 0.360. The van der Waals surface area contributed by atoms with Gasteiger partial charge in [0.05, 0.1) is 12.6 Å². The number of rotatable bonds is 5. The number of aromatic nitrogens is 4. The Morgan fingerprint density at radius 2 is 2.00 bits per heavy atom. The molecule has 2 aromatic heterocycles. The molecule has 4 heterocycles. The predicted molar refractivity (Wildman–Crippen MR) is 123 cm³/mol. The molecule has 1 aromatic carbocycles. The van der Waals surface area contributed by atoms with Gasteiger partial charge in [0.1, 0.15) is 17.3 Å². The van der Waals surface area contributed by atoms with E-state index in [1.807, 2.05) is 30.0 Å². The molecule has 0 spiro atoms. The van der Waals surface area contributed by atoms with Crippen LogP contribution in [-0.4, -0.2) is 56.3 Å². The van der Waals surface area contributed by atoms with E-state index in [-0.39, 0.29) is 17.7 Å². The van der Waals surface area contributed by atoms with Crippen LogP contribution in [0.2, 0.25) is 0 Å². The van der Waals surface area contributed by atoms with E-state index in [1.165, 1.54) is 18.0 Å². The summed E-state index contributed by atoms with van der Waals surface area (Å²) in [7, 11) is 0. The Morgan fingerprint density at radius 1 is 1.15 bits per heavy atom. The van der Waals surface area contributed by atoms with Crippen LogP contribution in [0, 0.1) is 6.92 Å². The van der Waals surface area contributed by atoms with Crippen molar-refractivity contribution in [2.24, 2.45) is 0 Å². The maximum atomic E-state index is 12.9. The molecule has 0 N–H and O–H groups in total. The Kier molecular flexibility index (Phi) is 5.81. The van der Waals surface area contributed by atoms with Gasteiger partial charge in [0.2, 0.25) is 5.91 Å². The van der Waals surface area contributed by atoms with Crippen molar-refractivity contribution in [3.05, 3.63) is 77.3 Å². The van der Waals surface area contributed by atoms with Crippen LogP contribution in [0.3, 0.4) is 0 Å². The van der Waals surface area contributed by atoms with E-state index in [4.69, 9.17) is 9.97 Å². The van der Waals surface area contributed by atoms with Crippen molar-refractivity contribution in [2.45, 2.75) is 38.5 Å². The smallest absolute Gasteiger partial charge is 0.274 e. The van der Waals surface area contributed by atoms with Gasteiger partial charge >= 0.3 is 0 Å². The molecule has 2 amide bonds. The van der Waals surface area contributed by atoms with Crippen LogP contribution >= 0.6 is 0 Å². The second-order valence-electron chi connectivity index (χ2n) is 8.61. The van der Waals surface area contributed by atoms with Crippen molar-refractivity contribution >= 4 is 17.6 Å². The fourth-order valence-electron chi connectivity index (χ4n) is 4.64. The molecular weight excluding hydrogens is 416 g/mol. The van der Waals surface area contributed by atoms with Crippen molar-refractivity contribution in [1.29, 1.82) is 0 Å². The molecule has 2 aliphatic rings. The molecule has 1 atom stereocenters. The zero-order valence-electron chi connectivity index (χ0n) is 18.6. The minimum Gasteiger partial charge on any atom is -0.337 e. The van der Waals surface area contributed by atoms with Crippen LogP contribution in [0.15, 0.2) is 48.9 Å². The predicted octanol–water partition coefficient (Wildman–Crippen LogP) is 2.73. The van der Waals surface area contributed by atoms with Gasteiger partial charge in [0.15, 0.2) is 0 Å². The van der Waals surface area contributed by atoms with Gasteiger partial charge in [-0.3, -0.25) is 19.5 Å². The van der Waals surface area contributed by atoms with E-state index in [0.717, 1.165) is 36.3 Å². The number of carbonyl (C=O) groups excluding carboxylic acids is 2. The summed E-state index contributed by atoms with van der Waals surface area (Å²) in [5.74, 6) is 1.41. The highest BCUT2D eigenvalue weighted by Gasteiger charge is 2.34. The average Bonchev–Trinajstić information content (AvgIpc) is 3.19. The molecular formula is C25H26N6O2. The summed E-state index contributed by atoms with van der Waals surface area (Å²) in [6.45, 7) is 3.75. The first-order chi connectivity index (χ1) is 16.1. The van der Waals surface area contributed by atoms with E-state index in [2.05, 4.69) is 22.1 Å². The molecule has 0 unspecified atom stereocenters. The van der Waals surface area contributed by atoms with Gasteiger partial charge in [0, 0.05) is 49.2 Å². The number of hydrogen-bond donors (Lipinski definition) is 0. The number of fused-ring (bicyclic) bond motifs is 1. The minimum absolute atomic E-state index is 0.0232. The third-order valence-corrected chi connectivity index (χ3v) is 6.42. The zero-order valence-corrected chi connectivity index (χ0v) is 18.6. The Hall–Kier alpha value is -3.68. The molecule has 0 aliphatic carbocycles. The number of benzene rings is 1. The third kappa shape index (κ3) is 4.33. The first-order valence-electron chi connectivity index (χ1n) is 11.4. The average molecular weight is 443 g/mol. The normalized spacial score (nSPS) is 17.8. The summed E-state index contributed by atoms with van der Waals surface area (Å²) in [6, 6.07) is 10.2. The molecule has 5 rings (SSSR count). The number of likely N-dealkylation sites (tertiary alicyclic amines) is 1. The standard InChI is InChI=1S/C25H26N6O2/c1-17-20-14-22(32)31(13-9-18-6-3-2-4-7-18)24(20)29-23(28-17)19-8-5-12-30(16-19)25(33)21-15-26-10-11-27-21/h2-4,6-7,10-11,15,19H,5,8-9,12-14,16H2,1H3/t19-/m0/s1. The molecule has 1 fully saturated rings. The Balaban J connectivity index is 1.36. The summed E-state index contributed by atoms with van der Waals surface area (Å²) in [5.41, 5.74) is 3.31. The second kappa shape index (κ2) is 9.05. The number of aryl methyl sites for hydroxylation is 1. The van der Waals surface area contributed by atoms with Crippen LogP contribution < -0.4 is 4.90 Å². The van der Waals surface area contributed by atoms with Crippen LogP contribution in [0.25, 0.3) is 0 Å². The van der Waals surface area contributed by atoms with E-state index in [1.54, 1.807) is 11.1 Å². The summed E-state index contributed by atoms with van der Waals surface area (Å²) in [6.07, 6.45) is 7.47. The molecule has 8 heteroatoms. The molecule has 0 saturated carbocycles. The largest absolute Gasteiger partial charge is 0.337 e. The van der Waals surface area contributed by atoms with Crippen LogP contribution in [-0.2, 0) is 17.6 Å². The SMILES string of the molecule is Cc1nc([C@H]2CCCN(C(=O)c3cnccn3)C2)nc2c1CC(=O)N2CCc1ccccc1. The summed E-state index contributed by atoms with van der Waals surface area (Å²) in [5, 5.41) is 0. The molecule has 8 nitrogen and oxygen atoms in total. The van der Waals surface area contributed by atoms with Gasteiger partial charge in [0.25, 0.3) is 5.91 Å². The Bertz CT molecular complexity index is 1170. The zero-order chi connectivity index (χ0) is 22.8. The molecule has 3 aromatic rings. The lowest BCUT2D eigenvalue weighted by Crippen LogP contribution is -2.40. The lowest BCUT2D eigenvalue weighted by Gasteiger charge is -2.32. The van der Waals surface area contributed by atoms with Gasteiger partial charge in [-0.05, 0) is 31.7 Å². The van der Waals surface area contributed by atoms with E-state index >= 15 is 0 Å². The third-order valence-electron chi connectivity index (χ3n) is 6.42. The highest BCUT2D eigenvalue weighted by molar-refractivity contribution is 6.00. The number of carbonyl (C=O) groups is 2. The summed E-state index contributed by atoms with van der Waals surface area (Å²) in [4.78, 5) is 47.1. The highest BCUT2D eigenvalue weighted by atomic mass is 16.2. The van der Waals surface area contributed by atoms with Crippen molar-refractivity contribution < 1.29 is 9.59 Å². The van der Waals surface area contributed by atoms with Crippen molar-refractivity contribution in [3.63, 3.8) is 0 Å². The maximum absolute atomic E-state index is 12.9. The molecule has 2 aliphatic heterocycles. The number of amides is 2. The summed E-state index contributed by atoms with van der Waals surface area (Å²) >= 11 is 0. The van der Waals surface area contributed by atoms with Gasteiger partial charge in [-0.2, -0.15) is 0 Å². The minimum atomic E-state index is -0.120. The quantitative estimate of drug-likeness (QED) is 0.603. The van der Waals surface area contributed by atoms with Gasteiger partial charge in [-0.15, -0.1) is 0 Å². The van der Waals surface area contributed by atoms with E-state index < -0.39 is 0 Å². The summed E-state index contributed by atoms with van der Waals surface area (Å²) < 4.78 is 0. The van der Waals surface area contributed by atoms with E-state index in [9.17, 15) is 9.59 Å². The lowest BCUT2D eigenvalue weighted by molar-refractivity contribution is -0.117. The molecule has 168 valence electrons. The van der Waals surface area contributed by atoms with Gasteiger partial charge in [-0.1, -0.05) is 30.3 Å². The monoisotopic (exact) mass is 442 g/mol. The second-order valence-corrected chi connectivity index (χ2v) is 8.61. The van der Waals surface area contributed by atoms with Crippen molar-refractivity contribution in [1.82, 2.24) is 24.8 Å². The first kappa shape index (κ1) is 21.2. The van der Waals surface area contributed by atoms with Gasteiger partial charge < -0.3 is 4.90 Å². The van der Waals surface area contributed by atoms with E-state index in [0.29, 0.717) is 37.6 Å². The maximum Gasteiger partial charge on any atom is 0.274 e. The van der Waals surface area contributed by atoms with Gasteiger partial charge in [-0.25, -0.2) is 15.0 Å². The molecule has 33 heavy (non-hydrogen) atoms. The first-order valence-corrected chi connectivity index (χ1v) is 11.4. The molecule has 0 radical (unpaired) electrons. The lowest BCUT2D eigenvalue weighted by atomic mass is 9.96. The number of hydrogen-bond acceptors (Lipinski definition) is 6.